The molecule has 0 spiro atoms. The standard InChI is InChI=1S/C16H31N7O5/c1-3-8(2)12(18)14(26)23-10(7-11(17)24)13(25)22-9(15(27)28)5-4-6-21-16(19)20/h8-10,12H,3-7,18H2,1-2H3,(H2,17,24)(H,22,25)(H,23,26)(H,27,28)(H4,19,20,21). The molecule has 0 aliphatic carbocycles. The van der Waals surface area contributed by atoms with E-state index in [1.165, 1.54) is 0 Å². The summed E-state index contributed by atoms with van der Waals surface area (Å²) in [6.45, 7) is 3.81. The Bertz CT molecular complexity index is 592. The molecule has 28 heavy (non-hydrogen) atoms. The first-order valence-electron chi connectivity index (χ1n) is 8.92. The lowest BCUT2D eigenvalue weighted by atomic mass is 9.99. The molecule has 4 unspecified atom stereocenters. The maximum absolute atomic E-state index is 12.4. The van der Waals surface area contributed by atoms with Crippen molar-refractivity contribution in [3.8, 4) is 0 Å². The van der Waals surface area contributed by atoms with Gasteiger partial charge in [-0.2, -0.15) is 0 Å². The number of hydrogen-bond donors (Lipinski definition) is 7. The van der Waals surface area contributed by atoms with E-state index in [2.05, 4.69) is 15.6 Å². The summed E-state index contributed by atoms with van der Waals surface area (Å²) in [5, 5.41) is 13.9. The molecule has 0 saturated carbocycles. The summed E-state index contributed by atoms with van der Waals surface area (Å²) < 4.78 is 0. The lowest BCUT2D eigenvalue weighted by molar-refractivity contribution is -0.142. The number of primary amides is 1. The van der Waals surface area contributed by atoms with Crippen LogP contribution in [0, 0.1) is 5.92 Å². The van der Waals surface area contributed by atoms with E-state index in [9.17, 15) is 24.3 Å². The molecule has 3 amide bonds. The van der Waals surface area contributed by atoms with Crippen molar-refractivity contribution in [2.24, 2.45) is 33.8 Å². The fraction of sp³-hybridized carbons (Fsp3) is 0.688. The normalized spacial score (nSPS) is 14.8. The summed E-state index contributed by atoms with van der Waals surface area (Å²) >= 11 is 0. The fourth-order valence-electron chi connectivity index (χ4n) is 2.22. The van der Waals surface area contributed by atoms with E-state index >= 15 is 0 Å². The van der Waals surface area contributed by atoms with Crippen LogP contribution in [0.5, 0.6) is 0 Å². The fourth-order valence-corrected chi connectivity index (χ4v) is 2.22. The predicted octanol–water partition coefficient (Wildman–Crippen LogP) is -2.66. The van der Waals surface area contributed by atoms with Crippen molar-refractivity contribution in [3.05, 3.63) is 0 Å². The van der Waals surface area contributed by atoms with E-state index in [1.807, 2.05) is 6.92 Å². The van der Waals surface area contributed by atoms with Crippen molar-refractivity contribution in [1.82, 2.24) is 10.6 Å². The van der Waals surface area contributed by atoms with Crippen LogP contribution >= 0.6 is 0 Å². The number of aliphatic carboxylic acids is 1. The molecule has 0 aliphatic rings. The summed E-state index contributed by atoms with van der Waals surface area (Å²) in [5.41, 5.74) is 21.3. The largest absolute Gasteiger partial charge is 0.480 e. The highest BCUT2D eigenvalue weighted by atomic mass is 16.4. The van der Waals surface area contributed by atoms with Gasteiger partial charge in [0.25, 0.3) is 0 Å². The van der Waals surface area contributed by atoms with Crippen LogP contribution in [0.1, 0.15) is 39.5 Å². The molecule has 0 fully saturated rings. The van der Waals surface area contributed by atoms with Gasteiger partial charge in [-0.05, 0) is 18.8 Å². The highest BCUT2D eigenvalue weighted by molar-refractivity contribution is 5.94. The maximum atomic E-state index is 12.4. The summed E-state index contributed by atoms with van der Waals surface area (Å²) in [6.07, 6.45) is 0.478. The van der Waals surface area contributed by atoms with Crippen LogP contribution in [-0.4, -0.2) is 59.4 Å². The van der Waals surface area contributed by atoms with Gasteiger partial charge in [0.05, 0.1) is 12.5 Å². The van der Waals surface area contributed by atoms with Gasteiger partial charge in [-0.25, -0.2) is 4.79 Å². The Labute approximate surface area is 163 Å². The SMILES string of the molecule is CCC(C)C(N)C(=O)NC(CC(N)=O)C(=O)NC(CCCN=C(N)N)C(=O)O. The van der Waals surface area contributed by atoms with Gasteiger partial charge in [0.15, 0.2) is 5.96 Å². The van der Waals surface area contributed by atoms with E-state index < -0.39 is 48.2 Å². The van der Waals surface area contributed by atoms with Gasteiger partial charge >= 0.3 is 5.97 Å². The number of carboxylic acids is 1. The molecule has 0 radical (unpaired) electrons. The minimum atomic E-state index is -1.33. The molecular formula is C16H31N7O5. The van der Waals surface area contributed by atoms with Gasteiger partial charge in [0, 0.05) is 6.54 Å². The second kappa shape index (κ2) is 12.5. The predicted molar refractivity (Wildman–Crippen MR) is 103 cm³/mol. The summed E-state index contributed by atoms with van der Waals surface area (Å²) in [5.74, 6) is -3.87. The minimum absolute atomic E-state index is 0.0431. The smallest absolute Gasteiger partial charge is 0.326 e. The number of guanidine groups is 1. The van der Waals surface area contributed by atoms with Crippen molar-refractivity contribution in [2.75, 3.05) is 6.54 Å². The molecule has 160 valence electrons. The topological polar surface area (TPSA) is 229 Å². The van der Waals surface area contributed by atoms with Gasteiger partial charge in [0.2, 0.25) is 17.7 Å². The molecule has 0 saturated heterocycles. The number of nitrogens with zero attached hydrogens (tertiary/aromatic N) is 1. The van der Waals surface area contributed by atoms with Crippen LogP contribution in [0.25, 0.3) is 0 Å². The molecule has 12 heteroatoms. The van der Waals surface area contributed by atoms with Gasteiger partial charge in [-0.3, -0.25) is 19.4 Å². The third-order valence-corrected chi connectivity index (χ3v) is 4.16. The van der Waals surface area contributed by atoms with Crippen molar-refractivity contribution in [2.45, 2.75) is 57.7 Å². The van der Waals surface area contributed by atoms with Gasteiger partial charge in [-0.15, -0.1) is 0 Å². The lowest BCUT2D eigenvalue weighted by Gasteiger charge is -2.23. The van der Waals surface area contributed by atoms with E-state index in [0.717, 1.165) is 0 Å². The molecule has 0 rings (SSSR count). The first-order valence-corrected chi connectivity index (χ1v) is 8.92. The third kappa shape index (κ3) is 9.71. The quantitative estimate of drug-likeness (QED) is 0.0975. The van der Waals surface area contributed by atoms with Crippen molar-refractivity contribution >= 4 is 29.7 Å². The number of nitrogens with two attached hydrogens (primary N) is 4. The summed E-state index contributed by atoms with van der Waals surface area (Å²) in [7, 11) is 0. The van der Waals surface area contributed by atoms with Crippen LogP contribution < -0.4 is 33.6 Å². The average Bonchev–Trinajstić information content (AvgIpc) is 2.61. The Morgan fingerprint density at radius 2 is 1.61 bits per heavy atom. The van der Waals surface area contributed by atoms with Crippen LogP contribution in [0.15, 0.2) is 4.99 Å². The van der Waals surface area contributed by atoms with Crippen molar-refractivity contribution in [3.63, 3.8) is 0 Å². The number of aliphatic imine (C=N–C) groups is 1. The Morgan fingerprint density at radius 1 is 1.04 bits per heavy atom. The highest BCUT2D eigenvalue weighted by Crippen LogP contribution is 2.07. The zero-order valence-electron chi connectivity index (χ0n) is 16.2. The molecule has 0 aromatic heterocycles. The monoisotopic (exact) mass is 401 g/mol. The Kier molecular flexibility index (Phi) is 11.2. The average molecular weight is 401 g/mol. The number of hydrogen-bond acceptors (Lipinski definition) is 6. The van der Waals surface area contributed by atoms with E-state index in [4.69, 9.17) is 22.9 Å². The van der Waals surface area contributed by atoms with E-state index in [0.29, 0.717) is 12.8 Å². The van der Waals surface area contributed by atoms with Crippen molar-refractivity contribution in [1.29, 1.82) is 0 Å². The lowest BCUT2D eigenvalue weighted by Crippen LogP contribution is -2.56. The van der Waals surface area contributed by atoms with Crippen LogP contribution in [-0.2, 0) is 19.2 Å². The second-order valence-corrected chi connectivity index (χ2v) is 6.49. The Balaban J connectivity index is 5.05. The molecule has 0 aliphatic heterocycles. The molecule has 0 aromatic rings. The molecule has 0 aromatic carbocycles. The van der Waals surface area contributed by atoms with Gasteiger partial charge in [0.1, 0.15) is 12.1 Å². The van der Waals surface area contributed by atoms with Crippen LogP contribution in [0.4, 0.5) is 0 Å². The number of carboxylic acid groups (broad SMARTS) is 1. The van der Waals surface area contributed by atoms with Gasteiger partial charge < -0.3 is 38.7 Å². The van der Waals surface area contributed by atoms with E-state index in [-0.39, 0.29) is 24.8 Å². The number of amides is 3. The number of carbonyl (C=O) groups excluding carboxylic acids is 3. The molecule has 0 heterocycles. The minimum Gasteiger partial charge on any atom is -0.480 e. The Morgan fingerprint density at radius 3 is 2.07 bits per heavy atom. The molecule has 12 nitrogen and oxygen atoms in total. The molecule has 11 N–H and O–H groups in total. The second-order valence-electron chi connectivity index (χ2n) is 6.49. The van der Waals surface area contributed by atoms with Crippen LogP contribution in [0.2, 0.25) is 0 Å². The number of carbonyl (C=O) groups is 4. The first-order chi connectivity index (χ1) is 13.0. The third-order valence-electron chi connectivity index (χ3n) is 4.16. The summed E-state index contributed by atoms with van der Waals surface area (Å²) in [4.78, 5) is 51.0. The molecule has 4 atom stereocenters. The van der Waals surface area contributed by atoms with E-state index in [1.54, 1.807) is 6.92 Å². The van der Waals surface area contributed by atoms with Gasteiger partial charge in [-0.1, -0.05) is 20.3 Å². The zero-order valence-corrected chi connectivity index (χ0v) is 16.2. The highest BCUT2D eigenvalue weighted by Gasteiger charge is 2.30. The maximum Gasteiger partial charge on any atom is 0.326 e. The molecule has 0 bridgehead atoms. The summed E-state index contributed by atoms with van der Waals surface area (Å²) in [6, 6.07) is -3.47. The first kappa shape index (κ1) is 25.1. The zero-order chi connectivity index (χ0) is 21.9. The number of nitrogens with one attached hydrogen (secondary N) is 2. The number of rotatable bonds is 13. The van der Waals surface area contributed by atoms with Crippen molar-refractivity contribution < 1.29 is 24.3 Å². The molecular weight excluding hydrogens is 370 g/mol. The van der Waals surface area contributed by atoms with Crippen LogP contribution in [0.3, 0.4) is 0 Å². The Hall–Kier alpha value is -2.89.